The molecule has 1 amide bonds. The maximum atomic E-state index is 12.3. The minimum absolute atomic E-state index is 0.0849. The molecule has 0 bridgehead atoms. The summed E-state index contributed by atoms with van der Waals surface area (Å²) < 4.78 is 0. The Labute approximate surface area is 114 Å². The predicted octanol–water partition coefficient (Wildman–Crippen LogP) is 1.96. The number of carbonyl (C=O) groups is 1. The summed E-state index contributed by atoms with van der Waals surface area (Å²) in [6.07, 6.45) is 4.30. The molecule has 1 aromatic rings. The Morgan fingerprint density at radius 1 is 1.26 bits per heavy atom. The van der Waals surface area contributed by atoms with Crippen LogP contribution in [0.25, 0.3) is 0 Å². The number of rotatable bonds is 4. The molecule has 3 N–H and O–H groups in total. The van der Waals surface area contributed by atoms with Gasteiger partial charge in [0.1, 0.15) is 0 Å². The number of hydrogen-bond acceptors (Lipinski definition) is 3. The third-order valence-electron chi connectivity index (χ3n) is 4.32. The highest BCUT2D eigenvalue weighted by atomic mass is 16.2. The summed E-state index contributed by atoms with van der Waals surface area (Å²) in [6.45, 7) is 2.61. The van der Waals surface area contributed by atoms with E-state index in [1.54, 1.807) is 0 Å². The number of nitrogens with two attached hydrogens (primary N) is 1. The Morgan fingerprint density at radius 3 is 2.58 bits per heavy atom. The molecule has 4 nitrogen and oxygen atoms in total. The second-order valence-electron chi connectivity index (χ2n) is 5.65. The van der Waals surface area contributed by atoms with E-state index in [2.05, 4.69) is 16.3 Å². The molecule has 0 atom stereocenters. The van der Waals surface area contributed by atoms with Gasteiger partial charge in [0.25, 0.3) is 0 Å². The lowest BCUT2D eigenvalue weighted by atomic mass is 10.1. The van der Waals surface area contributed by atoms with Crippen LogP contribution in [0.2, 0.25) is 0 Å². The van der Waals surface area contributed by atoms with Crippen molar-refractivity contribution in [3.63, 3.8) is 0 Å². The Morgan fingerprint density at radius 2 is 1.95 bits per heavy atom. The zero-order chi connectivity index (χ0) is 13.3. The first-order valence-electron chi connectivity index (χ1n) is 7.11. The number of hydrogen-bond donors (Lipinski definition) is 2. The summed E-state index contributed by atoms with van der Waals surface area (Å²) in [5.41, 5.74) is 7.48. The Kier molecular flexibility index (Phi) is 3.19. The maximum Gasteiger partial charge on any atom is 0.231 e. The number of anilines is 2. The van der Waals surface area contributed by atoms with Crippen molar-refractivity contribution in [3.8, 4) is 0 Å². The van der Waals surface area contributed by atoms with Gasteiger partial charge >= 0.3 is 0 Å². The lowest BCUT2D eigenvalue weighted by Crippen LogP contribution is -2.31. The molecule has 102 valence electrons. The van der Waals surface area contributed by atoms with Crippen molar-refractivity contribution in [2.45, 2.75) is 25.7 Å². The van der Waals surface area contributed by atoms with Crippen molar-refractivity contribution >= 4 is 17.3 Å². The van der Waals surface area contributed by atoms with E-state index >= 15 is 0 Å². The van der Waals surface area contributed by atoms with Crippen LogP contribution in [0.4, 0.5) is 11.4 Å². The molecule has 1 saturated heterocycles. The molecule has 1 aromatic carbocycles. The molecular formula is C15H21N3O. The second kappa shape index (κ2) is 4.85. The molecule has 0 spiro atoms. The molecule has 0 radical (unpaired) electrons. The molecule has 4 heteroatoms. The van der Waals surface area contributed by atoms with E-state index in [1.165, 1.54) is 12.8 Å². The van der Waals surface area contributed by atoms with Crippen LogP contribution in [-0.4, -0.2) is 25.5 Å². The van der Waals surface area contributed by atoms with E-state index in [4.69, 9.17) is 5.73 Å². The van der Waals surface area contributed by atoms with Crippen LogP contribution < -0.4 is 16.0 Å². The summed E-state index contributed by atoms with van der Waals surface area (Å²) >= 11 is 0. The highest BCUT2D eigenvalue weighted by Crippen LogP contribution is 2.45. The Balaban J connectivity index is 1.79. The van der Waals surface area contributed by atoms with E-state index in [1.807, 2.05) is 18.2 Å². The third-order valence-corrected chi connectivity index (χ3v) is 4.32. The van der Waals surface area contributed by atoms with Gasteiger partial charge in [-0.15, -0.1) is 0 Å². The highest BCUT2D eigenvalue weighted by molar-refractivity contribution is 5.99. The van der Waals surface area contributed by atoms with Crippen LogP contribution in [0.5, 0.6) is 0 Å². The summed E-state index contributed by atoms with van der Waals surface area (Å²) in [5, 5.41) is 3.08. The van der Waals surface area contributed by atoms with Gasteiger partial charge in [0.2, 0.25) is 5.91 Å². The van der Waals surface area contributed by atoms with Gasteiger partial charge in [-0.2, -0.15) is 0 Å². The zero-order valence-electron chi connectivity index (χ0n) is 11.2. The van der Waals surface area contributed by atoms with Gasteiger partial charge in [-0.3, -0.25) is 4.79 Å². The fourth-order valence-corrected chi connectivity index (χ4v) is 2.74. The summed E-state index contributed by atoms with van der Waals surface area (Å²) in [4.78, 5) is 14.6. The molecule has 0 aromatic heterocycles. The molecule has 1 aliphatic carbocycles. The number of carbonyl (C=O) groups excluding carboxylic acids is 1. The summed E-state index contributed by atoms with van der Waals surface area (Å²) in [5.74, 6) is 0.0849. The van der Waals surface area contributed by atoms with E-state index < -0.39 is 0 Å². The molecule has 3 rings (SSSR count). The number of nitrogens with zero attached hydrogens (tertiary/aromatic N) is 1. The van der Waals surface area contributed by atoms with E-state index in [9.17, 15) is 4.79 Å². The standard InChI is InChI=1S/C15H21N3O/c16-11-15(7-8-15)14(19)17-12-5-1-2-6-13(12)18-9-3-4-10-18/h1-2,5-6H,3-4,7-11,16H2,(H,17,19). The maximum absolute atomic E-state index is 12.3. The quantitative estimate of drug-likeness (QED) is 0.869. The van der Waals surface area contributed by atoms with Crippen LogP contribution in [0.1, 0.15) is 25.7 Å². The van der Waals surface area contributed by atoms with Crippen LogP contribution in [0.15, 0.2) is 24.3 Å². The normalized spacial score (nSPS) is 20.4. The number of nitrogens with one attached hydrogen (secondary N) is 1. The topological polar surface area (TPSA) is 58.4 Å². The van der Waals surface area contributed by atoms with Gasteiger partial charge in [0.05, 0.1) is 16.8 Å². The van der Waals surface area contributed by atoms with Crippen molar-refractivity contribution in [2.24, 2.45) is 11.1 Å². The number of para-hydroxylation sites is 2. The fourth-order valence-electron chi connectivity index (χ4n) is 2.74. The molecular weight excluding hydrogens is 238 g/mol. The van der Waals surface area contributed by atoms with Crippen LogP contribution in [0, 0.1) is 5.41 Å². The molecule has 2 fully saturated rings. The van der Waals surface area contributed by atoms with Crippen molar-refractivity contribution < 1.29 is 4.79 Å². The van der Waals surface area contributed by atoms with Crippen molar-refractivity contribution in [1.82, 2.24) is 0 Å². The van der Waals surface area contributed by atoms with Gasteiger partial charge < -0.3 is 16.0 Å². The van der Waals surface area contributed by atoms with Crippen molar-refractivity contribution in [2.75, 3.05) is 29.9 Å². The zero-order valence-corrected chi connectivity index (χ0v) is 11.2. The van der Waals surface area contributed by atoms with Crippen LogP contribution in [-0.2, 0) is 4.79 Å². The Bertz CT molecular complexity index is 476. The van der Waals surface area contributed by atoms with Crippen molar-refractivity contribution in [1.29, 1.82) is 0 Å². The molecule has 1 heterocycles. The van der Waals surface area contributed by atoms with Crippen molar-refractivity contribution in [3.05, 3.63) is 24.3 Å². The average Bonchev–Trinajstić information content (AvgIpc) is 3.06. The molecule has 1 aliphatic heterocycles. The monoisotopic (exact) mass is 259 g/mol. The first-order valence-corrected chi connectivity index (χ1v) is 7.11. The Hall–Kier alpha value is -1.55. The first kappa shape index (κ1) is 12.5. The van der Waals surface area contributed by atoms with Gasteiger partial charge in [-0.25, -0.2) is 0 Å². The molecule has 19 heavy (non-hydrogen) atoms. The largest absolute Gasteiger partial charge is 0.370 e. The first-order chi connectivity index (χ1) is 9.25. The molecule has 1 saturated carbocycles. The second-order valence-corrected chi connectivity index (χ2v) is 5.65. The van der Waals surface area contributed by atoms with Crippen LogP contribution in [0.3, 0.4) is 0 Å². The minimum atomic E-state index is -0.294. The van der Waals surface area contributed by atoms with E-state index in [-0.39, 0.29) is 11.3 Å². The SMILES string of the molecule is NCC1(C(=O)Nc2ccccc2N2CCCC2)CC1. The lowest BCUT2D eigenvalue weighted by Gasteiger charge is -2.22. The predicted molar refractivity (Wildman–Crippen MR) is 77.2 cm³/mol. The number of benzene rings is 1. The molecule has 2 aliphatic rings. The smallest absolute Gasteiger partial charge is 0.231 e. The van der Waals surface area contributed by atoms with Gasteiger partial charge in [0.15, 0.2) is 0 Å². The van der Waals surface area contributed by atoms with Gasteiger partial charge in [-0.1, -0.05) is 12.1 Å². The van der Waals surface area contributed by atoms with E-state index in [0.29, 0.717) is 6.54 Å². The lowest BCUT2D eigenvalue weighted by molar-refractivity contribution is -0.120. The van der Waals surface area contributed by atoms with Crippen LogP contribution >= 0.6 is 0 Å². The number of amides is 1. The minimum Gasteiger partial charge on any atom is -0.370 e. The molecule has 0 unspecified atom stereocenters. The summed E-state index contributed by atoms with van der Waals surface area (Å²) in [6, 6.07) is 8.07. The van der Waals surface area contributed by atoms with Gasteiger partial charge in [0, 0.05) is 19.6 Å². The van der Waals surface area contributed by atoms with E-state index in [0.717, 1.165) is 37.3 Å². The van der Waals surface area contributed by atoms with Gasteiger partial charge in [-0.05, 0) is 37.8 Å². The fraction of sp³-hybridized carbons (Fsp3) is 0.533. The third kappa shape index (κ3) is 2.32. The highest BCUT2D eigenvalue weighted by Gasteiger charge is 2.48. The summed E-state index contributed by atoms with van der Waals surface area (Å²) in [7, 11) is 0. The average molecular weight is 259 g/mol.